The van der Waals surface area contributed by atoms with Crippen LogP contribution in [0.4, 0.5) is 5.69 Å². The van der Waals surface area contributed by atoms with E-state index in [1.165, 1.54) is 6.92 Å². The fourth-order valence-corrected chi connectivity index (χ4v) is 1.41. The van der Waals surface area contributed by atoms with Crippen molar-refractivity contribution in [3.05, 3.63) is 29.3 Å². The summed E-state index contributed by atoms with van der Waals surface area (Å²) < 4.78 is 0. The molecule has 1 aromatic carbocycles. The van der Waals surface area contributed by atoms with Gasteiger partial charge in [0.1, 0.15) is 0 Å². The van der Waals surface area contributed by atoms with Gasteiger partial charge in [-0.25, -0.2) is 0 Å². The highest BCUT2D eigenvalue weighted by Crippen LogP contribution is 2.14. The molecule has 0 spiro atoms. The van der Waals surface area contributed by atoms with Crippen LogP contribution in [0, 0.1) is 6.92 Å². The van der Waals surface area contributed by atoms with Crippen LogP contribution in [-0.2, 0) is 4.79 Å². The normalized spacial score (nSPS) is 9.76. The fraction of sp³-hybridized carbons (Fsp3) is 0.333. The van der Waals surface area contributed by atoms with Crippen molar-refractivity contribution in [2.24, 2.45) is 0 Å². The molecule has 0 saturated carbocycles. The highest BCUT2D eigenvalue weighted by atomic mass is 16.2. The van der Waals surface area contributed by atoms with E-state index in [1.807, 2.05) is 0 Å². The predicted molar refractivity (Wildman–Crippen MR) is 66.6 cm³/mol. The lowest BCUT2D eigenvalue weighted by molar-refractivity contribution is -0.118. The summed E-state index contributed by atoms with van der Waals surface area (Å²) in [4.78, 5) is 22.4. The lowest BCUT2D eigenvalue weighted by atomic mass is 10.1. The third kappa shape index (κ3) is 3.79. The van der Waals surface area contributed by atoms with Crippen molar-refractivity contribution in [1.29, 1.82) is 0 Å². The largest absolute Gasteiger partial charge is 0.398 e. The van der Waals surface area contributed by atoms with Crippen LogP contribution >= 0.6 is 0 Å². The molecule has 0 fully saturated rings. The summed E-state index contributed by atoms with van der Waals surface area (Å²) >= 11 is 0. The van der Waals surface area contributed by atoms with Crippen LogP contribution in [0.15, 0.2) is 18.2 Å². The number of hydrogen-bond acceptors (Lipinski definition) is 3. The summed E-state index contributed by atoms with van der Waals surface area (Å²) in [6, 6.07) is 5.22. The Balaban J connectivity index is 2.53. The van der Waals surface area contributed by atoms with Gasteiger partial charge < -0.3 is 16.4 Å². The molecular weight excluding hydrogens is 218 g/mol. The zero-order valence-electron chi connectivity index (χ0n) is 10.0. The molecule has 5 nitrogen and oxygen atoms in total. The van der Waals surface area contributed by atoms with Crippen molar-refractivity contribution in [3.8, 4) is 0 Å². The van der Waals surface area contributed by atoms with Gasteiger partial charge in [0.15, 0.2) is 0 Å². The van der Waals surface area contributed by atoms with E-state index < -0.39 is 0 Å². The third-order valence-electron chi connectivity index (χ3n) is 2.40. The van der Waals surface area contributed by atoms with Crippen molar-refractivity contribution in [3.63, 3.8) is 0 Å². The first-order valence-corrected chi connectivity index (χ1v) is 5.40. The average molecular weight is 235 g/mol. The van der Waals surface area contributed by atoms with Crippen LogP contribution in [0.2, 0.25) is 0 Å². The van der Waals surface area contributed by atoms with E-state index in [1.54, 1.807) is 25.1 Å². The molecule has 5 heteroatoms. The Morgan fingerprint density at radius 2 is 1.88 bits per heavy atom. The Bertz CT molecular complexity index is 430. The highest BCUT2D eigenvalue weighted by Gasteiger charge is 2.09. The molecule has 1 rings (SSSR count). The minimum Gasteiger partial charge on any atom is -0.398 e. The Morgan fingerprint density at radius 1 is 1.24 bits per heavy atom. The lowest BCUT2D eigenvalue weighted by Gasteiger charge is -2.09. The number of hydrogen-bond donors (Lipinski definition) is 3. The van der Waals surface area contributed by atoms with Gasteiger partial charge in [-0.3, -0.25) is 9.59 Å². The Kier molecular flexibility index (Phi) is 4.51. The monoisotopic (exact) mass is 235 g/mol. The number of nitrogens with two attached hydrogens (primary N) is 1. The zero-order chi connectivity index (χ0) is 12.8. The van der Waals surface area contributed by atoms with Gasteiger partial charge in [0.2, 0.25) is 5.91 Å². The smallest absolute Gasteiger partial charge is 0.251 e. The first kappa shape index (κ1) is 13.0. The van der Waals surface area contributed by atoms with Gasteiger partial charge in [0.25, 0.3) is 5.91 Å². The summed E-state index contributed by atoms with van der Waals surface area (Å²) in [5, 5.41) is 5.31. The summed E-state index contributed by atoms with van der Waals surface area (Å²) in [5.74, 6) is -0.292. The minimum absolute atomic E-state index is 0.112. The molecule has 0 unspecified atom stereocenters. The number of rotatable bonds is 4. The fourth-order valence-electron chi connectivity index (χ4n) is 1.41. The van der Waals surface area contributed by atoms with E-state index in [9.17, 15) is 9.59 Å². The Morgan fingerprint density at radius 3 is 2.53 bits per heavy atom. The highest BCUT2D eigenvalue weighted by molar-refractivity contribution is 5.96. The van der Waals surface area contributed by atoms with Crippen molar-refractivity contribution < 1.29 is 9.59 Å². The molecule has 0 radical (unpaired) electrons. The first-order valence-electron chi connectivity index (χ1n) is 5.40. The number of amides is 2. The number of benzene rings is 1. The third-order valence-corrected chi connectivity index (χ3v) is 2.40. The lowest BCUT2D eigenvalue weighted by Crippen LogP contribution is -2.33. The van der Waals surface area contributed by atoms with Crippen LogP contribution in [0.25, 0.3) is 0 Å². The summed E-state index contributed by atoms with van der Waals surface area (Å²) in [6.07, 6.45) is 0. The molecule has 0 saturated heterocycles. The quantitative estimate of drug-likeness (QED) is 0.523. The van der Waals surface area contributed by atoms with Gasteiger partial charge in [-0.2, -0.15) is 0 Å². The second-order valence-corrected chi connectivity index (χ2v) is 3.76. The number of carbonyl (C=O) groups is 2. The molecule has 0 aromatic heterocycles. The topological polar surface area (TPSA) is 84.2 Å². The molecule has 0 bridgehead atoms. The first-order chi connectivity index (χ1) is 8.02. The Labute approximate surface area is 100 Å². The van der Waals surface area contributed by atoms with E-state index in [-0.39, 0.29) is 11.8 Å². The van der Waals surface area contributed by atoms with Gasteiger partial charge in [0.05, 0.1) is 0 Å². The van der Waals surface area contributed by atoms with E-state index in [4.69, 9.17) is 5.73 Å². The maximum Gasteiger partial charge on any atom is 0.251 e. The number of nitrogens with one attached hydrogen (secondary N) is 2. The van der Waals surface area contributed by atoms with Crippen LogP contribution < -0.4 is 16.4 Å². The molecule has 0 aliphatic rings. The van der Waals surface area contributed by atoms with Crippen LogP contribution in [0.1, 0.15) is 22.8 Å². The SMILES string of the molecule is CC(=O)NCCNC(=O)c1cccc(N)c1C. The average Bonchev–Trinajstić information content (AvgIpc) is 2.27. The maximum atomic E-state index is 11.8. The van der Waals surface area contributed by atoms with E-state index in [0.29, 0.717) is 24.3 Å². The van der Waals surface area contributed by atoms with Gasteiger partial charge in [-0.15, -0.1) is 0 Å². The molecule has 92 valence electrons. The molecule has 17 heavy (non-hydrogen) atoms. The molecule has 0 aliphatic heterocycles. The second kappa shape index (κ2) is 5.89. The number of nitrogen functional groups attached to an aromatic ring is 1. The second-order valence-electron chi connectivity index (χ2n) is 3.76. The van der Waals surface area contributed by atoms with E-state index in [2.05, 4.69) is 10.6 Å². The van der Waals surface area contributed by atoms with Crippen molar-refractivity contribution in [2.75, 3.05) is 18.8 Å². The minimum atomic E-state index is -0.180. The molecule has 2 amide bonds. The van der Waals surface area contributed by atoms with Gasteiger partial charge >= 0.3 is 0 Å². The molecule has 0 atom stereocenters. The zero-order valence-corrected chi connectivity index (χ0v) is 10.0. The molecule has 0 aliphatic carbocycles. The van der Waals surface area contributed by atoms with Crippen molar-refractivity contribution in [1.82, 2.24) is 10.6 Å². The van der Waals surface area contributed by atoms with Crippen LogP contribution in [0.5, 0.6) is 0 Å². The van der Waals surface area contributed by atoms with Crippen molar-refractivity contribution in [2.45, 2.75) is 13.8 Å². The molecule has 4 N–H and O–H groups in total. The Hall–Kier alpha value is -2.04. The van der Waals surface area contributed by atoms with Crippen LogP contribution in [0.3, 0.4) is 0 Å². The van der Waals surface area contributed by atoms with E-state index in [0.717, 1.165) is 5.56 Å². The summed E-state index contributed by atoms with van der Waals surface area (Å²) in [6.45, 7) is 4.05. The predicted octanol–water partition coefficient (Wildman–Crippen LogP) is 0.443. The summed E-state index contributed by atoms with van der Waals surface area (Å²) in [7, 11) is 0. The molecular formula is C12H17N3O2. The molecule has 0 heterocycles. The van der Waals surface area contributed by atoms with Gasteiger partial charge in [0, 0.05) is 31.3 Å². The van der Waals surface area contributed by atoms with Crippen molar-refractivity contribution >= 4 is 17.5 Å². The summed E-state index contributed by atoms with van der Waals surface area (Å²) in [5.41, 5.74) is 7.64. The maximum absolute atomic E-state index is 11.8. The molecule has 1 aromatic rings. The van der Waals surface area contributed by atoms with Gasteiger partial charge in [-0.1, -0.05) is 6.07 Å². The number of anilines is 1. The van der Waals surface area contributed by atoms with Crippen LogP contribution in [-0.4, -0.2) is 24.9 Å². The van der Waals surface area contributed by atoms with E-state index >= 15 is 0 Å². The standard InChI is InChI=1S/C12H17N3O2/c1-8-10(4-3-5-11(8)13)12(17)15-7-6-14-9(2)16/h3-5H,6-7,13H2,1-2H3,(H,14,16)(H,15,17). The van der Waals surface area contributed by atoms with Gasteiger partial charge in [-0.05, 0) is 24.6 Å². The number of carbonyl (C=O) groups excluding carboxylic acids is 2.